The molecule has 1 N–H and O–H groups in total. The highest BCUT2D eigenvalue weighted by Gasteiger charge is 2.25. The molecule has 112 valence electrons. The summed E-state index contributed by atoms with van der Waals surface area (Å²) in [7, 11) is -0.346. The first-order valence-corrected chi connectivity index (χ1v) is 8.24. The van der Waals surface area contributed by atoms with Crippen molar-refractivity contribution < 1.29 is 13.2 Å². The van der Waals surface area contributed by atoms with Gasteiger partial charge in [-0.05, 0) is 25.5 Å². The maximum Gasteiger partial charge on any atom is 0.244 e. The Morgan fingerprint density at radius 2 is 2.05 bits per heavy atom. The topological polar surface area (TPSA) is 58.6 Å². The largest absolute Gasteiger partial charge is 0.384 e. The van der Waals surface area contributed by atoms with E-state index in [1.165, 1.54) is 4.31 Å². The molecule has 2 rings (SSSR count). The highest BCUT2D eigenvalue weighted by atomic mass is 32.2. The third-order valence-electron chi connectivity index (χ3n) is 3.73. The lowest BCUT2D eigenvalue weighted by Crippen LogP contribution is -2.25. The lowest BCUT2D eigenvalue weighted by molar-refractivity contribution is 0.108. The van der Waals surface area contributed by atoms with E-state index in [9.17, 15) is 8.42 Å². The number of rotatable bonds is 5. The molecule has 1 aromatic carbocycles. The fraction of sp³-hybridized carbons (Fsp3) is 0.571. The second-order valence-electron chi connectivity index (χ2n) is 5.29. The normalized spacial score (nSPS) is 23.2. The van der Waals surface area contributed by atoms with Gasteiger partial charge in [-0.2, -0.15) is 0 Å². The molecule has 1 aromatic rings. The molecule has 0 radical (unpaired) electrons. The maximum absolute atomic E-state index is 12.3. The first kappa shape index (κ1) is 15.3. The van der Waals surface area contributed by atoms with Crippen LogP contribution in [0.5, 0.6) is 0 Å². The predicted octanol–water partition coefficient (Wildman–Crippen LogP) is 1.77. The molecule has 0 aliphatic carbocycles. The van der Waals surface area contributed by atoms with Gasteiger partial charge in [-0.3, -0.25) is 0 Å². The molecule has 0 spiro atoms. The van der Waals surface area contributed by atoms with Crippen LogP contribution >= 0.6 is 0 Å². The van der Waals surface area contributed by atoms with E-state index in [0.717, 1.165) is 19.6 Å². The summed E-state index contributed by atoms with van der Waals surface area (Å²) in [4.78, 5) is 0.316. The molecule has 5 nitrogen and oxygen atoms in total. The minimum absolute atomic E-state index is 0.222. The molecule has 0 aromatic heterocycles. The third kappa shape index (κ3) is 3.13. The van der Waals surface area contributed by atoms with Crippen LogP contribution in [0.1, 0.15) is 13.3 Å². The third-order valence-corrected chi connectivity index (χ3v) is 5.61. The van der Waals surface area contributed by atoms with E-state index in [4.69, 9.17) is 4.74 Å². The number of benzene rings is 1. The molecular weight excluding hydrogens is 276 g/mol. The van der Waals surface area contributed by atoms with Crippen molar-refractivity contribution in [1.82, 2.24) is 4.31 Å². The fourth-order valence-electron chi connectivity index (χ4n) is 2.32. The molecule has 1 aliphatic heterocycles. The molecule has 0 amide bonds. The van der Waals surface area contributed by atoms with Crippen molar-refractivity contribution in [2.24, 2.45) is 5.92 Å². The number of hydrogen-bond acceptors (Lipinski definition) is 4. The predicted molar refractivity (Wildman–Crippen MR) is 79.3 cm³/mol. The zero-order chi connectivity index (χ0) is 14.8. The van der Waals surface area contributed by atoms with E-state index in [2.05, 4.69) is 12.2 Å². The molecule has 2 atom stereocenters. The lowest BCUT2D eigenvalue weighted by Gasteiger charge is -2.19. The van der Waals surface area contributed by atoms with Gasteiger partial charge in [-0.1, -0.05) is 12.1 Å². The Balaban J connectivity index is 2.16. The van der Waals surface area contributed by atoms with Gasteiger partial charge in [-0.25, -0.2) is 12.7 Å². The van der Waals surface area contributed by atoms with E-state index in [-0.39, 0.29) is 6.10 Å². The van der Waals surface area contributed by atoms with Crippen LogP contribution in [-0.2, 0) is 14.8 Å². The van der Waals surface area contributed by atoms with Gasteiger partial charge in [0.15, 0.2) is 0 Å². The highest BCUT2D eigenvalue weighted by molar-refractivity contribution is 7.89. The standard InChI is InChI=1S/C14H22N2O3S/c1-11-12(8-9-19-11)10-15-13-6-4-5-7-14(13)20(17,18)16(2)3/h4-7,11-12,15H,8-10H2,1-3H3. The van der Waals surface area contributed by atoms with Crippen LogP contribution in [0.25, 0.3) is 0 Å². The number of anilines is 1. The Kier molecular flexibility index (Phi) is 4.67. The van der Waals surface area contributed by atoms with Gasteiger partial charge in [0, 0.05) is 33.2 Å². The van der Waals surface area contributed by atoms with E-state index in [1.807, 2.05) is 6.07 Å². The van der Waals surface area contributed by atoms with Crippen molar-refractivity contribution >= 4 is 15.7 Å². The average molecular weight is 298 g/mol. The van der Waals surface area contributed by atoms with Crippen LogP contribution in [0.15, 0.2) is 29.2 Å². The van der Waals surface area contributed by atoms with Crippen LogP contribution < -0.4 is 5.32 Å². The summed E-state index contributed by atoms with van der Waals surface area (Å²) >= 11 is 0. The maximum atomic E-state index is 12.3. The van der Waals surface area contributed by atoms with E-state index < -0.39 is 10.0 Å². The van der Waals surface area contributed by atoms with Crippen LogP contribution in [0, 0.1) is 5.92 Å². The molecule has 1 heterocycles. The Morgan fingerprint density at radius 3 is 2.65 bits per heavy atom. The number of sulfonamides is 1. The van der Waals surface area contributed by atoms with Gasteiger partial charge < -0.3 is 10.1 Å². The van der Waals surface area contributed by atoms with Gasteiger partial charge in [-0.15, -0.1) is 0 Å². The SMILES string of the molecule is CC1OCCC1CNc1ccccc1S(=O)(=O)N(C)C. The molecule has 6 heteroatoms. The fourth-order valence-corrected chi connectivity index (χ4v) is 3.38. The Hall–Kier alpha value is -1.11. The van der Waals surface area contributed by atoms with Crippen molar-refractivity contribution in [3.05, 3.63) is 24.3 Å². The monoisotopic (exact) mass is 298 g/mol. The summed E-state index contributed by atoms with van der Waals surface area (Å²) in [5.41, 5.74) is 0.653. The summed E-state index contributed by atoms with van der Waals surface area (Å²) in [6.45, 7) is 3.56. The van der Waals surface area contributed by atoms with Gasteiger partial charge in [0.05, 0.1) is 11.8 Å². The summed E-state index contributed by atoms with van der Waals surface area (Å²) in [6.07, 6.45) is 1.23. The number of para-hydroxylation sites is 1. The highest BCUT2D eigenvalue weighted by Crippen LogP contribution is 2.25. The van der Waals surface area contributed by atoms with Crippen molar-refractivity contribution in [3.8, 4) is 0 Å². The van der Waals surface area contributed by atoms with Gasteiger partial charge in [0.2, 0.25) is 10.0 Å². The number of ether oxygens (including phenoxy) is 1. The minimum atomic E-state index is -3.43. The Morgan fingerprint density at radius 1 is 1.35 bits per heavy atom. The first-order valence-electron chi connectivity index (χ1n) is 6.80. The van der Waals surface area contributed by atoms with Crippen molar-refractivity contribution in [1.29, 1.82) is 0 Å². The molecule has 2 unspecified atom stereocenters. The van der Waals surface area contributed by atoms with Crippen LogP contribution in [0.4, 0.5) is 5.69 Å². The van der Waals surface area contributed by atoms with Gasteiger partial charge >= 0.3 is 0 Å². The Labute approximate surface area is 121 Å². The van der Waals surface area contributed by atoms with Crippen LogP contribution in [0.2, 0.25) is 0 Å². The van der Waals surface area contributed by atoms with Crippen LogP contribution in [-0.4, -0.2) is 46.1 Å². The number of nitrogens with one attached hydrogen (secondary N) is 1. The molecule has 1 fully saturated rings. The molecule has 1 saturated heterocycles. The molecule has 0 bridgehead atoms. The molecule has 1 aliphatic rings. The second-order valence-corrected chi connectivity index (χ2v) is 7.41. The van der Waals surface area contributed by atoms with Crippen molar-refractivity contribution in [2.45, 2.75) is 24.3 Å². The van der Waals surface area contributed by atoms with Gasteiger partial charge in [0.25, 0.3) is 0 Å². The molecular formula is C14H22N2O3S. The summed E-state index contributed by atoms with van der Waals surface area (Å²) in [5, 5.41) is 3.26. The van der Waals surface area contributed by atoms with E-state index in [1.54, 1.807) is 32.3 Å². The molecule has 20 heavy (non-hydrogen) atoms. The zero-order valence-corrected chi connectivity index (χ0v) is 13.0. The summed E-state index contributed by atoms with van der Waals surface area (Å²) in [5.74, 6) is 0.421. The smallest absolute Gasteiger partial charge is 0.244 e. The second kappa shape index (κ2) is 6.11. The van der Waals surface area contributed by atoms with Crippen molar-refractivity contribution in [2.75, 3.05) is 32.6 Å². The first-order chi connectivity index (χ1) is 9.43. The van der Waals surface area contributed by atoms with Crippen LogP contribution in [0.3, 0.4) is 0 Å². The van der Waals surface area contributed by atoms with E-state index >= 15 is 0 Å². The lowest BCUT2D eigenvalue weighted by atomic mass is 10.0. The van der Waals surface area contributed by atoms with Gasteiger partial charge in [0.1, 0.15) is 4.90 Å². The van der Waals surface area contributed by atoms with Crippen molar-refractivity contribution in [3.63, 3.8) is 0 Å². The summed E-state index contributed by atoms with van der Waals surface area (Å²) < 4.78 is 31.3. The number of hydrogen-bond donors (Lipinski definition) is 1. The summed E-state index contributed by atoms with van der Waals surface area (Å²) in [6, 6.07) is 7.01. The minimum Gasteiger partial charge on any atom is -0.384 e. The molecule has 0 saturated carbocycles. The average Bonchev–Trinajstić information content (AvgIpc) is 2.82. The van der Waals surface area contributed by atoms with E-state index in [0.29, 0.717) is 16.5 Å². The zero-order valence-electron chi connectivity index (χ0n) is 12.2. The Bertz CT molecular complexity index is 557. The quantitative estimate of drug-likeness (QED) is 0.900. The number of nitrogens with zero attached hydrogens (tertiary/aromatic N) is 1.